The minimum absolute atomic E-state index is 0.154. The molecule has 1 N–H and O–H groups in total. The van der Waals surface area contributed by atoms with Gasteiger partial charge in [0.15, 0.2) is 0 Å². The summed E-state index contributed by atoms with van der Waals surface area (Å²) >= 11 is 0. The van der Waals surface area contributed by atoms with Gasteiger partial charge in [0.1, 0.15) is 5.82 Å². The number of ether oxygens (including phenoxy) is 1. The number of anilines is 1. The molecule has 0 amide bonds. The van der Waals surface area contributed by atoms with Crippen LogP contribution >= 0.6 is 0 Å². The molecule has 1 aliphatic heterocycles. The van der Waals surface area contributed by atoms with E-state index >= 15 is 0 Å². The van der Waals surface area contributed by atoms with E-state index in [0.717, 1.165) is 12.1 Å². The Morgan fingerprint density at radius 2 is 1.81 bits per heavy atom. The van der Waals surface area contributed by atoms with E-state index in [9.17, 15) is 4.39 Å². The van der Waals surface area contributed by atoms with Crippen LogP contribution in [-0.4, -0.2) is 30.8 Å². The van der Waals surface area contributed by atoms with Crippen LogP contribution in [0.2, 0.25) is 0 Å². The van der Waals surface area contributed by atoms with Crippen LogP contribution in [0.5, 0.6) is 0 Å². The summed E-state index contributed by atoms with van der Waals surface area (Å²) in [4.78, 5) is 2.13. The van der Waals surface area contributed by atoms with E-state index in [-0.39, 0.29) is 17.0 Å². The van der Waals surface area contributed by atoms with Crippen LogP contribution in [0.25, 0.3) is 0 Å². The number of para-hydroxylation sites is 1. The van der Waals surface area contributed by atoms with Crippen molar-refractivity contribution >= 4 is 5.69 Å². The Labute approximate surface area is 127 Å². The molecule has 118 valence electrons. The first-order valence-corrected chi connectivity index (χ1v) is 7.67. The van der Waals surface area contributed by atoms with E-state index in [4.69, 9.17) is 4.74 Å². The van der Waals surface area contributed by atoms with Gasteiger partial charge in [-0.15, -0.1) is 0 Å². The minimum Gasteiger partial charge on any atom is -0.366 e. The quantitative estimate of drug-likeness (QED) is 0.922. The predicted molar refractivity (Wildman–Crippen MR) is 85.2 cm³/mol. The average Bonchev–Trinajstić information content (AvgIpc) is 2.32. The number of hydrogen-bond donors (Lipinski definition) is 1. The van der Waals surface area contributed by atoms with Gasteiger partial charge in [-0.25, -0.2) is 4.39 Å². The van der Waals surface area contributed by atoms with Crippen LogP contribution in [-0.2, 0) is 11.3 Å². The molecular formula is C17H27FN2O. The van der Waals surface area contributed by atoms with Crippen molar-refractivity contribution in [3.8, 4) is 0 Å². The Hall–Kier alpha value is -1.13. The van der Waals surface area contributed by atoms with Crippen molar-refractivity contribution in [2.24, 2.45) is 0 Å². The molecular weight excluding hydrogens is 267 g/mol. The lowest BCUT2D eigenvalue weighted by Crippen LogP contribution is -2.57. The second-order valence-electron chi connectivity index (χ2n) is 7.01. The van der Waals surface area contributed by atoms with Gasteiger partial charge in [-0.3, -0.25) is 0 Å². The normalized spacial score (nSPS) is 20.6. The highest BCUT2D eigenvalue weighted by Crippen LogP contribution is 2.34. The van der Waals surface area contributed by atoms with Crippen LogP contribution in [0.3, 0.4) is 0 Å². The van der Waals surface area contributed by atoms with E-state index in [1.165, 1.54) is 0 Å². The van der Waals surface area contributed by atoms with Crippen LogP contribution in [0.4, 0.5) is 10.1 Å². The topological polar surface area (TPSA) is 24.5 Å². The fraction of sp³-hybridized carbons (Fsp3) is 0.647. The van der Waals surface area contributed by atoms with E-state index in [1.807, 2.05) is 6.07 Å². The molecule has 1 aromatic carbocycles. The van der Waals surface area contributed by atoms with Gasteiger partial charge in [-0.2, -0.15) is 0 Å². The summed E-state index contributed by atoms with van der Waals surface area (Å²) in [6, 6.07) is 5.32. The summed E-state index contributed by atoms with van der Waals surface area (Å²) in [5, 5.41) is 3.29. The third-order valence-electron chi connectivity index (χ3n) is 3.65. The lowest BCUT2D eigenvalue weighted by Gasteiger charge is -2.48. The molecule has 1 aliphatic rings. The highest BCUT2D eigenvalue weighted by Gasteiger charge is 2.39. The molecule has 4 heteroatoms. The van der Waals surface area contributed by atoms with Gasteiger partial charge in [-0.05, 0) is 45.9 Å². The Balaban J connectivity index is 2.36. The maximum absolute atomic E-state index is 14.5. The van der Waals surface area contributed by atoms with Gasteiger partial charge in [0.25, 0.3) is 0 Å². The molecule has 0 aliphatic carbocycles. The number of morpholine rings is 1. The number of benzene rings is 1. The second kappa shape index (κ2) is 5.93. The van der Waals surface area contributed by atoms with Gasteiger partial charge in [0.2, 0.25) is 0 Å². The number of nitrogens with zero attached hydrogens (tertiary/aromatic N) is 1. The smallest absolute Gasteiger partial charge is 0.146 e. The van der Waals surface area contributed by atoms with Crippen molar-refractivity contribution in [1.82, 2.24) is 5.32 Å². The third-order valence-corrected chi connectivity index (χ3v) is 3.65. The van der Waals surface area contributed by atoms with Crippen molar-refractivity contribution in [1.29, 1.82) is 0 Å². The van der Waals surface area contributed by atoms with E-state index < -0.39 is 0 Å². The van der Waals surface area contributed by atoms with E-state index in [2.05, 4.69) is 44.8 Å². The largest absolute Gasteiger partial charge is 0.366 e. The van der Waals surface area contributed by atoms with Gasteiger partial charge in [0, 0.05) is 19.6 Å². The third kappa shape index (κ3) is 3.95. The lowest BCUT2D eigenvalue weighted by atomic mass is 9.97. The number of halogens is 1. The maximum atomic E-state index is 14.5. The van der Waals surface area contributed by atoms with Crippen LogP contribution < -0.4 is 10.2 Å². The highest BCUT2D eigenvalue weighted by atomic mass is 19.1. The Kier molecular flexibility index (Phi) is 4.59. The zero-order valence-electron chi connectivity index (χ0n) is 13.8. The summed E-state index contributed by atoms with van der Waals surface area (Å²) in [6.45, 7) is 13.2. The summed E-state index contributed by atoms with van der Waals surface area (Å²) in [5.41, 5.74) is 1.13. The lowest BCUT2D eigenvalue weighted by molar-refractivity contribution is -0.133. The SMILES string of the molecule is CCNCc1cccc(F)c1N1CC(C)(C)OC(C)(C)C1. The van der Waals surface area contributed by atoms with Gasteiger partial charge < -0.3 is 15.0 Å². The summed E-state index contributed by atoms with van der Waals surface area (Å²) in [5.74, 6) is -0.154. The van der Waals surface area contributed by atoms with E-state index in [0.29, 0.717) is 25.3 Å². The molecule has 0 atom stereocenters. The molecule has 21 heavy (non-hydrogen) atoms. The zero-order chi connectivity index (χ0) is 15.7. The van der Waals surface area contributed by atoms with Gasteiger partial charge in [0.05, 0.1) is 16.9 Å². The first kappa shape index (κ1) is 16.2. The Morgan fingerprint density at radius 3 is 2.38 bits per heavy atom. The Bertz CT molecular complexity index is 484. The molecule has 0 bridgehead atoms. The molecule has 1 fully saturated rings. The second-order valence-corrected chi connectivity index (χ2v) is 7.01. The number of nitrogens with one attached hydrogen (secondary N) is 1. The van der Waals surface area contributed by atoms with Crippen molar-refractivity contribution in [3.05, 3.63) is 29.6 Å². The van der Waals surface area contributed by atoms with Crippen LogP contribution in [0, 0.1) is 5.82 Å². The van der Waals surface area contributed by atoms with Crippen molar-refractivity contribution in [3.63, 3.8) is 0 Å². The molecule has 0 aromatic heterocycles. The minimum atomic E-state index is -0.292. The van der Waals surface area contributed by atoms with Gasteiger partial charge >= 0.3 is 0 Å². The molecule has 3 nitrogen and oxygen atoms in total. The molecule has 1 saturated heterocycles. The average molecular weight is 294 g/mol. The molecule has 1 heterocycles. The van der Waals surface area contributed by atoms with Crippen LogP contribution in [0.15, 0.2) is 18.2 Å². The van der Waals surface area contributed by atoms with Gasteiger partial charge in [-0.1, -0.05) is 19.1 Å². The van der Waals surface area contributed by atoms with Crippen LogP contribution in [0.1, 0.15) is 40.2 Å². The zero-order valence-corrected chi connectivity index (χ0v) is 13.8. The first-order chi connectivity index (χ1) is 9.74. The van der Waals surface area contributed by atoms with Crippen molar-refractivity contribution < 1.29 is 9.13 Å². The Morgan fingerprint density at radius 1 is 1.19 bits per heavy atom. The maximum Gasteiger partial charge on any atom is 0.146 e. The number of hydrogen-bond acceptors (Lipinski definition) is 3. The summed E-state index contributed by atoms with van der Waals surface area (Å²) in [6.07, 6.45) is 0. The monoisotopic (exact) mass is 294 g/mol. The predicted octanol–water partition coefficient (Wildman–Crippen LogP) is 3.33. The van der Waals surface area contributed by atoms with Crippen molar-refractivity contribution in [2.45, 2.75) is 52.4 Å². The first-order valence-electron chi connectivity index (χ1n) is 7.67. The molecule has 0 radical (unpaired) electrons. The standard InChI is InChI=1S/C17H27FN2O/c1-6-19-10-13-8-7-9-14(18)15(13)20-11-16(2,3)21-17(4,5)12-20/h7-9,19H,6,10-12H2,1-5H3. The fourth-order valence-electron chi connectivity index (χ4n) is 3.26. The summed E-state index contributed by atoms with van der Waals surface area (Å²) < 4.78 is 20.5. The molecule has 0 unspecified atom stereocenters. The molecule has 0 saturated carbocycles. The fourth-order valence-corrected chi connectivity index (χ4v) is 3.26. The molecule has 1 aromatic rings. The number of rotatable bonds is 4. The highest BCUT2D eigenvalue weighted by molar-refractivity contribution is 5.56. The van der Waals surface area contributed by atoms with Crippen molar-refractivity contribution in [2.75, 3.05) is 24.5 Å². The summed E-state index contributed by atoms with van der Waals surface area (Å²) in [7, 11) is 0. The van der Waals surface area contributed by atoms with E-state index in [1.54, 1.807) is 12.1 Å². The molecule has 0 spiro atoms. The molecule has 2 rings (SSSR count).